The van der Waals surface area contributed by atoms with E-state index in [1.807, 2.05) is 0 Å². The summed E-state index contributed by atoms with van der Waals surface area (Å²) in [4.78, 5) is 11.6. The van der Waals surface area contributed by atoms with Crippen molar-refractivity contribution in [2.75, 3.05) is 11.9 Å². The van der Waals surface area contributed by atoms with Crippen molar-refractivity contribution >= 4 is 11.7 Å². The molecular weight excluding hydrogens is 221 g/mol. The van der Waals surface area contributed by atoms with E-state index in [1.54, 1.807) is 12.1 Å². The third kappa shape index (κ3) is 3.17. The van der Waals surface area contributed by atoms with Crippen molar-refractivity contribution in [3.05, 3.63) is 30.1 Å². The fourth-order valence-electron chi connectivity index (χ4n) is 1.76. The summed E-state index contributed by atoms with van der Waals surface area (Å²) in [5, 5.41) is 5.24. The van der Waals surface area contributed by atoms with E-state index >= 15 is 0 Å². The van der Waals surface area contributed by atoms with Gasteiger partial charge < -0.3 is 16.4 Å². The average Bonchev–Trinajstić information content (AvgIpc) is 3.13. The number of para-hydroxylation sites is 1. The van der Waals surface area contributed by atoms with Gasteiger partial charge in [0.1, 0.15) is 5.82 Å². The van der Waals surface area contributed by atoms with Gasteiger partial charge in [0.15, 0.2) is 0 Å². The predicted octanol–water partition coefficient (Wildman–Crippen LogP) is 1.68. The number of urea groups is 1. The maximum Gasteiger partial charge on any atom is 0.319 e. The van der Waals surface area contributed by atoms with Gasteiger partial charge in [-0.3, -0.25) is 0 Å². The summed E-state index contributed by atoms with van der Waals surface area (Å²) >= 11 is 0. The highest BCUT2D eigenvalue weighted by Gasteiger charge is 2.31. The molecule has 2 rings (SSSR count). The van der Waals surface area contributed by atoms with Gasteiger partial charge in [0, 0.05) is 12.6 Å². The average molecular weight is 237 g/mol. The first-order chi connectivity index (χ1) is 8.20. The van der Waals surface area contributed by atoms with Crippen LogP contribution in [0.3, 0.4) is 0 Å². The second-order valence-electron chi connectivity index (χ2n) is 4.26. The molecule has 1 saturated carbocycles. The Morgan fingerprint density at radius 3 is 2.76 bits per heavy atom. The van der Waals surface area contributed by atoms with Crippen molar-refractivity contribution in [2.45, 2.75) is 18.9 Å². The number of halogens is 1. The number of nitrogens with one attached hydrogen (secondary N) is 2. The summed E-state index contributed by atoms with van der Waals surface area (Å²) in [6.07, 6.45) is 2.20. The van der Waals surface area contributed by atoms with Crippen LogP contribution in [0, 0.1) is 11.7 Å². The number of hydrogen-bond acceptors (Lipinski definition) is 2. The van der Waals surface area contributed by atoms with E-state index in [2.05, 4.69) is 10.6 Å². The van der Waals surface area contributed by atoms with Gasteiger partial charge in [0.05, 0.1) is 5.69 Å². The zero-order valence-corrected chi connectivity index (χ0v) is 9.45. The van der Waals surface area contributed by atoms with Crippen molar-refractivity contribution in [3.63, 3.8) is 0 Å². The van der Waals surface area contributed by atoms with Crippen LogP contribution in [0.5, 0.6) is 0 Å². The Bertz CT molecular complexity index is 406. The summed E-state index contributed by atoms with van der Waals surface area (Å²) in [6.45, 7) is 0.412. The topological polar surface area (TPSA) is 67.1 Å². The fourth-order valence-corrected chi connectivity index (χ4v) is 1.76. The molecule has 4 N–H and O–H groups in total. The van der Waals surface area contributed by atoms with Crippen LogP contribution in [-0.2, 0) is 0 Å². The number of carbonyl (C=O) groups excluding carboxylic acids is 1. The lowest BCUT2D eigenvalue weighted by Gasteiger charge is -2.16. The number of carbonyl (C=O) groups is 1. The molecule has 92 valence electrons. The Morgan fingerprint density at radius 1 is 1.47 bits per heavy atom. The third-order valence-electron chi connectivity index (χ3n) is 2.88. The molecule has 4 nitrogen and oxygen atoms in total. The molecule has 5 heteroatoms. The van der Waals surface area contributed by atoms with Gasteiger partial charge in [-0.2, -0.15) is 0 Å². The number of nitrogens with two attached hydrogens (primary N) is 1. The van der Waals surface area contributed by atoms with Crippen LogP contribution < -0.4 is 16.4 Å². The Balaban J connectivity index is 1.90. The fraction of sp³-hybridized carbons (Fsp3) is 0.417. The highest BCUT2D eigenvalue weighted by Crippen LogP contribution is 2.32. The Hall–Kier alpha value is -1.62. The number of anilines is 1. The molecule has 1 aromatic rings. The van der Waals surface area contributed by atoms with E-state index in [1.165, 1.54) is 12.1 Å². The molecule has 1 fully saturated rings. The van der Waals surface area contributed by atoms with Gasteiger partial charge in [0.2, 0.25) is 0 Å². The third-order valence-corrected chi connectivity index (χ3v) is 2.88. The Kier molecular flexibility index (Phi) is 3.58. The zero-order chi connectivity index (χ0) is 12.3. The van der Waals surface area contributed by atoms with Gasteiger partial charge in [-0.1, -0.05) is 12.1 Å². The number of rotatable bonds is 4. The first kappa shape index (κ1) is 11.9. The van der Waals surface area contributed by atoms with Crippen molar-refractivity contribution in [3.8, 4) is 0 Å². The van der Waals surface area contributed by atoms with Gasteiger partial charge in [-0.15, -0.1) is 0 Å². The molecule has 1 atom stereocenters. The number of amides is 2. The normalized spacial score (nSPS) is 16.4. The maximum absolute atomic E-state index is 13.3. The second kappa shape index (κ2) is 5.14. The largest absolute Gasteiger partial charge is 0.334 e. The standard InChI is InChI=1S/C12H16FN3O/c13-9-3-1-2-4-10(9)15-12(17)16-11(7-14)8-5-6-8/h1-4,8,11H,5-7,14H2,(H2,15,16,17). The summed E-state index contributed by atoms with van der Waals surface area (Å²) in [6, 6.07) is 5.64. The minimum absolute atomic E-state index is 0.0122. The Morgan fingerprint density at radius 2 is 2.18 bits per heavy atom. The minimum Gasteiger partial charge on any atom is -0.334 e. The van der Waals surface area contributed by atoms with Crippen LogP contribution in [-0.4, -0.2) is 18.6 Å². The lowest BCUT2D eigenvalue weighted by molar-refractivity contribution is 0.247. The van der Waals surface area contributed by atoms with Gasteiger partial charge in [0.25, 0.3) is 0 Å². The van der Waals surface area contributed by atoms with Gasteiger partial charge >= 0.3 is 6.03 Å². The van der Waals surface area contributed by atoms with Crippen LogP contribution in [0.25, 0.3) is 0 Å². The molecule has 1 aromatic carbocycles. The summed E-state index contributed by atoms with van der Waals surface area (Å²) in [7, 11) is 0. The lowest BCUT2D eigenvalue weighted by atomic mass is 10.2. The van der Waals surface area contributed by atoms with E-state index < -0.39 is 11.8 Å². The molecule has 0 aliphatic heterocycles. The van der Waals surface area contributed by atoms with Gasteiger partial charge in [-0.05, 0) is 30.9 Å². The van der Waals surface area contributed by atoms with Gasteiger partial charge in [-0.25, -0.2) is 9.18 Å². The van der Waals surface area contributed by atoms with Crippen molar-refractivity contribution in [1.29, 1.82) is 0 Å². The highest BCUT2D eigenvalue weighted by atomic mass is 19.1. The molecule has 0 heterocycles. The van der Waals surface area contributed by atoms with Crippen molar-refractivity contribution in [2.24, 2.45) is 11.7 Å². The SMILES string of the molecule is NCC(NC(=O)Nc1ccccc1F)C1CC1. The van der Waals surface area contributed by atoms with Crippen LogP contribution >= 0.6 is 0 Å². The molecule has 1 unspecified atom stereocenters. The molecule has 1 aliphatic carbocycles. The van der Waals surface area contributed by atoms with E-state index in [0.717, 1.165) is 12.8 Å². The van der Waals surface area contributed by atoms with E-state index in [9.17, 15) is 9.18 Å². The summed E-state index contributed by atoms with van der Waals surface area (Å²) in [5.41, 5.74) is 5.75. The van der Waals surface area contributed by atoms with Crippen molar-refractivity contribution < 1.29 is 9.18 Å². The van der Waals surface area contributed by atoms with E-state index in [0.29, 0.717) is 12.5 Å². The molecule has 0 bridgehead atoms. The highest BCUT2D eigenvalue weighted by molar-refractivity contribution is 5.89. The second-order valence-corrected chi connectivity index (χ2v) is 4.26. The number of hydrogen-bond donors (Lipinski definition) is 3. The van der Waals surface area contributed by atoms with E-state index in [-0.39, 0.29) is 11.7 Å². The molecule has 0 radical (unpaired) electrons. The first-order valence-corrected chi connectivity index (χ1v) is 5.73. The molecule has 17 heavy (non-hydrogen) atoms. The van der Waals surface area contributed by atoms with Crippen molar-refractivity contribution in [1.82, 2.24) is 5.32 Å². The quantitative estimate of drug-likeness (QED) is 0.746. The maximum atomic E-state index is 13.3. The molecular formula is C12H16FN3O. The first-order valence-electron chi connectivity index (χ1n) is 5.73. The monoisotopic (exact) mass is 237 g/mol. The van der Waals surface area contributed by atoms with Crippen LogP contribution in [0.4, 0.5) is 14.9 Å². The molecule has 2 amide bonds. The smallest absolute Gasteiger partial charge is 0.319 e. The molecule has 0 aromatic heterocycles. The minimum atomic E-state index is -0.446. The summed E-state index contributed by atoms with van der Waals surface area (Å²) < 4.78 is 13.3. The number of benzene rings is 1. The molecule has 0 saturated heterocycles. The van der Waals surface area contributed by atoms with E-state index in [4.69, 9.17) is 5.73 Å². The Labute approximate surface area is 99.4 Å². The predicted molar refractivity (Wildman–Crippen MR) is 64.1 cm³/mol. The molecule has 0 spiro atoms. The van der Waals surface area contributed by atoms with Crippen LogP contribution in [0.2, 0.25) is 0 Å². The lowest BCUT2D eigenvalue weighted by Crippen LogP contribution is -2.43. The van der Waals surface area contributed by atoms with Crippen LogP contribution in [0.15, 0.2) is 24.3 Å². The zero-order valence-electron chi connectivity index (χ0n) is 9.45. The summed E-state index contributed by atoms with van der Waals surface area (Å²) in [5.74, 6) is 0.0322. The van der Waals surface area contributed by atoms with Crippen LogP contribution in [0.1, 0.15) is 12.8 Å². The molecule has 1 aliphatic rings.